The quantitative estimate of drug-likeness (QED) is 0.337. The number of rotatable bonds is 1. The molecule has 2 aromatic rings. The van der Waals surface area contributed by atoms with Crippen molar-refractivity contribution < 1.29 is 19.1 Å². The first kappa shape index (κ1) is 28.4. The molecule has 0 saturated heterocycles. The van der Waals surface area contributed by atoms with E-state index in [-0.39, 0.29) is 5.82 Å². The molecule has 0 aliphatic carbocycles. The van der Waals surface area contributed by atoms with Gasteiger partial charge in [0.25, 0.3) is 0 Å². The molecule has 0 fully saturated rings. The number of nitrogens with two attached hydrogens (primary N) is 1. The number of aromatic nitrogens is 2. The molecule has 8 nitrogen and oxygen atoms in total. The third-order valence-electron chi connectivity index (χ3n) is 2.99. The molecule has 0 saturated carbocycles. The molecular formula is C20H24Br2Cl2N4O4. The normalized spacial score (nSPS) is 11.2. The zero-order valence-corrected chi connectivity index (χ0v) is 23.1. The molecule has 0 spiro atoms. The van der Waals surface area contributed by atoms with Crippen LogP contribution in [0, 0.1) is 0 Å². The zero-order valence-electron chi connectivity index (χ0n) is 18.4. The van der Waals surface area contributed by atoms with Crippen molar-refractivity contribution >= 4 is 78.9 Å². The number of carbonyl (C=O) groups is 2. The van der Waals surface area contributed by atoms with Crippen LogP contribution in [-0.2, 0) is 9.47 Å². The second-order valence-electron chi connectivity index (χ2n) is 8.25. The van der Waals surface area contributed by atoms with Gasteiger partial charge in [-0.2, -0.15) is 4.90 Å². The minimum absolute atomic E-state index is 0.0461. The maximum Gasteiger partial charge on any atom is 0.425 e. The van der Waals surface area contributed by atoms with Crippen LogP contribution in [0.25, 0.3) is 0 Å². The third kappa shape index (κ3) is 9.89. The summed E-state index contributed by atoms with van der Waals surface area (Å²) in [6, 6.07) is 6.28. The smallest absolute Gasteiger partial charge is 0.425 e. The number of hydrogen-bond donors (Lipinski definition) is 1. The van der Waals surface area contributed by atoms with Crippen LogP contribution in [0.1, 0.15) is 41.5 Å². The first-order chi connectivity index (χ1) is 14.5. The number of pyridine rings is 2. The van der Waals surface area contributed by atoms with Gasteiger partial charge in [0.2, 0.25) is 0 Å². The molecule has 0 aromatic carbocycles. The topological polar surface area (TPSA) is 108 Å². The van der Waals surface area contributed by atoms with Gasteiger partial charge in [-0.05, 0) is 97.7 Å². The molecule has 176 valence electrons. The minimum atomic E-state index is -0.881. The number of halogens is 4. The monoisotopic (exact) mass is 612 g/mol. The summed E-state index contributed by atoms with van der Waals surface area (Å²) < 4.78 is 11.4. The molecule has 12 heteroatoms. The summed E-state index contributed by atoms with van der Waals surface area (Å²) in [6.07, 6.45) is -1.76. The van der Waals surface area contributed by atoms with E-state index in [0.29, 0.717) is 25.1 Å². The Balaban J connectivity index is 0.000000471. The lowest BCUT2D eigenvalue weighted by Gasteiger charge is -2.28. The lowest BCUT2D eigenvalue weighted by atomic mass is 10.2. The Bertz CT molecular complexity index is 951. The van der Waals surface area contributed by atoms with Crippen molar-refractivity contribution in [3.05, 3.63) is 43.5 Å². The number of hydrogen-bond acceptors (Lipinski definition) is 7. The Morgan fingerprint density at radius 1 is 0.844 bits per heavy atom. The molecule has 2 aromatic heterocycles. The molecule has 2 rings (SSSR count). The number of carbonyl (C=O) groups excluding carboxylic acids is 2. The van der Waals surface area contributed by atoms with Crippen LogP contribution >= 0.6 is 55.1 Å². The lowest BCUT2D eigenvalue weighted by Crippen LogP contribution is -2.44. The maximum atomic E-state index is 12.4. The summed E-state index contributed by atoms with van der Waals surface area (Å²) in [4.78, 5) is 33.4. The van der Waals surface area contributed by atoms with E-state index in [1.807, 2.05) is 0 Å². The summed E-state index contributed by atoms with van der Waals surface area (Å²) >= 11 is 17.8. The summed E-state index contributed by atoms with van der Waals surface area (Å²) in [5, 5.41) is 0.922. The first-order valence-electron chi connectivity index (χ1n) is 9.16. The van der Waals surface area contributed by atoms with Gasteiger partial charge in [0.05, 0.1) is 10.0 Å². The number of nitrogen functional groups attached to an aromatic ring is 1. The standard InChI is InChI=1S/C15H20BrClN2O4.C5H4BrClN2/c1-14(2,3)22-12(20)19(13(21)23-15(4,5)6)10-8-7-9(17)11(16)18-10;6-5-3(7)1-2-4(8)9-5/h7-8H,1-6H3;1-2H,(H2,8,9). The fourth-order valence-corrected chi connectivity index (χ4v) is 2.70. The fourth-order valence-electron chi connectivity index (χ4n) is 1.84. The van der Waals surface area contributed by atoms with Gasteiger partial charge in [-0.1, -0.05) is 23.2 Å². The molecule has 32 heavy (non-hydrogen) atoms. The average Bonchev–Trinajstić information content (AvgIpc) is 2.59. The SMILES string of the molecule is CC(C)(C)OC(=O)N(C(=O)OC(C)(C)C)c1ccc(Cl)c(Br)n1.Nc1ccc(Cl)c(Br)n1. The Morgan fingerprint density at radius 2 is 1.25 bits per heavy atom. The molecule has 0 atom stereocenters. The van der Waals surface area contributed by atoms with Crippen molar-refractivity contribution in [3.8, 4) is 0 Å². The highest BCUT2D eigenvalue weighted by Gasteiger charge is 2.33. The van der Waals surface area contributed by atoms with Crippen LogP contribution in [-0.4, -0.2) is 33.4 Å². The van der Waals surface area contributed by atoms with Gasteiger partial charge in [0.15, 0.2) is 0 Å². The molecule has 0 aliphatic rings. The second-order valence-corrected chi connectivity index (χ2v) is 10.6. The van der Waals surface area contributed by atoms with Crippen LogP contribution in [0.3, 0.4) is 0 Å². The number of imide groups is 1. The van der Waals surface area contributed by atoms with Crippen LogP contribution in [0.2, 0.25) is 10.0 Å². The van der Waals surface area contributed by atoms with Gasteiger partial charge in [0.1, 0.15) is 32.0 Å². The lowest BCUT2D eigenvalue weighted by molar-refractivity contribution is 0.0429. The Hall–Kier alpha value is -1.62. The minimum Gasteiger partial charge on any atom is -0.443 e. The van der Waals surface area contributed by atoms with E-state index in [1.165, 1.54) is 12.1 Å². The largest absolute Gasteiger partial charge is 0.443 e. The van der Waals surface area contributed by atoms with Crippen LogP contribution in [0.15, 0.2) is 33.5 Å². The number of amides is 2. The second kappa shape index (κ2) is 11.5. The van der Waals surface area contributed by atoms with Gasteiger partial charge < -0.3 is 15.2 Å². The van der Waals surface area contributed by atoms with Gasteiger partial charge in [-0.15, -0.1) is 0 Å². The Morgan fingerprint density at radius 3 is 1.59 bits per heavy atom. The van der Waals surface area contributed by atoms with Crippen molar-refractivity contribution in [2.24, 2.45) is 0 Å². The van der Waals surface area contributed by atoms with E-state index in [0.717, 1.165) is 4.90 Å². The van der Waals surface area contributed by atoms with E-state index in [9.17, 15) is 9.59 Å². The summed E-state index contributed by atoms with van der Waals surface area (Å²) in [7, 11) is 0. The van der Waals surface area contributed by atoms with E-state index in [2.05, 4.69) is 41.8 Å². The third-order valence-corrected chi connectivity index (χ3v) is 5.27. The van der Waals surface area contributed by atoms with Crippen molar-refractivity contribution in [3.63, 3.8) is 0 Å². The molecule has 2 N–H and O–H groups in total. The van der Waals surface area contributed by atoms with E-state index in [4.69, 9.17) is 38.4 Å². The van der Waals surface area contributed by atoms with Crippen LogP contribution < -0.4 is 10.6 Å². The number of nitrogens with zero attached hydrogens (tertiary/aromatic N) is 3. The zero-order chi connectivity index (χ0) is 24.9. The number of ether oxygens (including phenoxy) is 2. The van der Waals surface area contributed by atoms with Gasteiger partial charge in [-0.3, -0.25) is 0 Å². The summed E-state index contributed by atoms with van der Waals surface area (Å²) in [5.74, 6) is 0.510. The van der Waals surface area contributed by atoms with E-state index < -0.39 is 23.4 Å². The molecule has 0 aliphatic heterocycles. The predicted molar refractivity (Wildman–Crippen MR) is 133 cm³/mol. The van der Waals surface area contributed by atoms with Crippen molar-refractivity contribution in [1.82, 2.24) is 9.97 Å². The van der Waals surface area contributed by atoms with Crippen LogP contribution in [0.4, 0.5) is 21.2 Å². The molecule has 0 unspecified atom stereocenters. The highest BCUT2D eigenvalue weighted by atomic mass is 79.9. The van der Waals surface area contributed by atoms with E-state index in [1.54, 1.807) is 53.7 Å². The van der Waals surface area contributed by atoms with Gasteiger partial charge in [-0.25, -0.2) is 19.6 Å². The summed E-state index contributed by atoms with van der Waals surface area (Å²) in [5.41, 5.74) is 3.77. The maximum absolute atomic E-state index is 12.4. The van der Waals surface area contributed by atoms with Gasteiger partial charge >= 0.3 is 12.2 Å². The number of anilines is 2. The van der Waals surface area contributed by atoms with Gasteiger partial charge in [0, 0.05) is 0 Å². The molecule has 2 heterocycles. The fraction of sp³-hybridized carbons (Fsp3) is 0.400. The van der Waals surface area contributed by atoms with Crippen molar-refractivity contribution in [1.29, 1.82) is 0 Å². The molecular weight excluding hydrogens is 591 g/mol. The Labute approximate surface area is 214 Å². The average molecular weight is 615 g/mol. The van der Waals surface area contributed by atoms with Crippen molar-refractivity contribution in [2.45, 2.75) is 52.7 Å². The molecule has 0 bridgehead atoms. The van der Waals surface area contributed by atoms with Crippen LogP contribution in [0.5, 0.6) is 0 Å². The first-order valence-corrected chi connectivity index (χ1v) is 11.5. The Kier molecular flexibility index (Phi) is 10.2. The van der Waals surface area contributed by atoms with Crippen molar-refractivity contribution in [2.75, 3.05) is 10.6 Å². The predicted octanol–water partition coefficient (Wildman–Crippen LogP) is 7.25. The molecule has 2 amide bonds. The van der Waals surface area contributed by atoms with E-state index >= 15 is 0 Å². The highest BCUT2D eigenvalue weighted by Crippen LogP contribution is 2.26. The highest BCUT2D eigenvalue weighted by molar-refractivity contribution is 9.10. The summed E-state index contributed by atoms with van der Waals surface area (Å²) in [6.45, 7) is 10.2. The molecule has 0 radical (unpaired) electrons.